The van der Waals surface area contributed by atoms with E-state index in [0.717, 1.165) is 0 Å². The highest BCUT2D eigenvalue weighted by Gasteiger charge is 2.33. The minimum absolute atomic E-state index is 0.00862. The van der Waals surface area contributed by atoms with Crippen LogP contribution >= 0.6 is 0 Å². The normalized spacial score (nSPS) is 16.4. The van der Waals surface area contributed by atoms with Crippen LogP contribution in [-0.2, 0) is 66.6 Å². The minimum Gasteiger partial charge on any atom is -0.459 e. The zero-order chi connectivity index (χ0) is 50.5. The molecule has 20 nitrogen and oxygen atoms in total. The largest absolute Gasteiger partial charge is 0.459 e. The van der Waals surface area contributed by atoms with Crippen LogP contribution in [0.15, 0.2) is 0 Å². The Hall–Kier alpha value is -3.05. The highest BCUT2D eigenvalue weighted by Crippen LogP contribution is 2.18. The van der Waals surface area contributed by atoms with E-state index in [4.69, 9.17) is 48.4 Å². The van der Waals surface area contributed by atoms with Crippen molar-refractivity contribution in [1.82, 2.24) is 24.9 Å². The quantitative estimate of drug-likeness (QED) is 0.0650. The topological polar surface area (TPSA) is 219 Å². The van der Waals surface area contributed by atoms with Crippen LogP contribution in [0.25, 0.3) is 0 Å². The number of nitrogens with two attached hydrogens (primary N) is 1. The van der Waals surface area contributed by atoms with Gasteiger partial charge in [-0.15, -0.1) is 0 Å². The molecule has 392 valence electrons. The van der Waals surface area contributed by atoms with Crippen molar-refractivity contribution >= 4 is 29.8 Å². The number of nitrogens with one attached hydrogen (secondary N) is 1. The van der Waals surface area contributed by atoms with Crippen molar-refractivity contribution in [3.05, 3.63) is 0 Å². The van der Waals surface area contributed by atoms with Gasteiger partial charge in [-0.1, -0.05) is 0 Å². The average Bonchev–Trinajstić information content (AvgIpc) is 3.16. The molecule has 3 N–H and O–H groups in total. The summed E-state index contributed by atoms with van der Waals surface area (Å²) in [6.07, 6.45) is 0.175. The molecular weight excluding hydrogens is 873 g/mol. The molecule has 0 aliphatic carbocycles. The van der Waals surface area contributed by atoms with E-state index < -0.39 is 46.4 Å². The monoisotopic (exact) mass is 963 g/mol. The maximum atomic E-state index is 14.1. The van der Waals surface area contributed by atoms with Crippen LogP contribution < -0.4 is 11.1 Å². The SMILES string of the molecule is CC(C)(C)OC(=O)CN1CCN(CC(=O)OC(C)(C)C)CCN(C(CCC(=O)NCCOCCOCCOCCOCCOCCN)C(=O)OC(C)(C)C)CCN(CC(=O)OC(C)(C)C)CC1. The Morgan fingerprint density at radius 2 is 0.776 bits per heavy atom. The Bertz CT molecular complexity index is 1370. The Balaban J connectivity index is 3.09. The smallest absolute Gasteiger partial charge is 0.323 e. The van der Waals surface area contributed by atoms with E-state index >= 15 is 0 Å². The van der Waals surface area contributed by atoms with Gasteiger partial charge < -0.3 is 53.7 Å². The molecule has 1 aliphatic rings. The van der Waals surface area contributed by atoms with E-state index in [-0.39, 0.29) is 57.5 Å². The van der Waals surface area contributed by atoms with E-state index in [1.54, 1.807) is 20.8 Å². The van der Waals surface area contributed by atoms with Crippen LogP contribution in [0, 0.1) is 0 Å². The predicted molar refractivity (Wildman–Crippen MR) is 253 cm³/mol. The molecule has 0 aromatic carbocycles. The van der Waals surface area contributed by atoms with Gasteiger partial charge in [0.05, 0.1) is 85.7 Å². The highest BCUT2D eigenvalue weighted by molar-refractivity contribution is 5.79. The average molecular weight is 963 g/mol. The summed E-state index contributed by atoms with van der Waals surface area (Å²) in [4.78, 5) is 74.6. The van der Waals surface area contributed by atoms with E-state index in [1.807, 2.05) is 81.9 Å². The van der Waals surface area contributed by atoms with E-state index in [2.05, 4.69) is 5.32 Å². The van der Waals surface area contributed by atoms with Crippen molar-refractivity contribution in [1.29, 1.82) is 0 Å². The van der Waals surface area contributed by atoms with Crippen molar-refractivity contribution in [2.24, 2.45) is 5.73 Å². The van der Waals surface area contributed by atoms with Crippen LogP contribution in [0.4, 0.5) is 0 Å². The Labute approximate surface area is 401 Å². The number of hydrogen-bond donors (Lipinski definition) is 2. The first-order valence-electron chi connectivity index (χ1n) is 23.9. The summed E-state index contributed by atoms with van der Waals surface area (Å²) in [6.45, 7) is 29.5. The molecule has 0 spiro atoms. The number of carbonyl (C=O) groups is 5. The Kier molecular flexibility index (Phi) is 30.2. The summed E-state index contributed by atoms with van der Waals surface area (Å²) in [5, 5.41) is 2.88. The lowest BCUT2D eigenvalue weighted by Gasteiger charge is -2.37. The fourth-order valence-electron chi connectivity index (χ4n) is 6.51. The molecular formula is C47H90N6O14. The third-order valence-electron chi connectivity index (χ3n) is 9.27. The lowest BCUT2D eigenvalue weighted by Crippen LogP contribution is -2.53. The number of carbonyl (C=O) groups excluding carboxylic acids is 5. The van der Waals surface area contributed by atoms with Crippen LogP contribution in [0.5, 0.6) is 0 Å². The Morgan fingerprint density at radius 3 is 1.10 bits per heavy atom. The van der Waals surface area contributed by atoms with Gasteiger partial charge in [0.25, 0.3) is 0 Å². The fourth-order valence-corrected chi connectivity index (χ4v) is 6.51. The fraction of sp³-hybridized carbons (Fsp3) is 0.894. The van der Waals surface area contributed by atoms with Gasteiger partial charge in [-0.05, 0) is 89.5 Å². The van der Waals surface area contributed by atoms with Gasteiger partial charge in [-0.25, -0.2) is 0 Å². The standard InChI is InChI=1S/C47H90N6O14/c1-44(2,3)64-40(55)35-50-17-19-51(36-41(56)65-45(4,5)6)21-23-53(24-22-52(20-18-50)37-42(57)66-46(7,8)9)38(43(58)67-47(10,11)12)13-14-39(54)49-16-26-60-28-30-62-32-34-63-33-31-61-29-27-59-25-15-48/h38H,13-37,48H2,1-12H3,(H,49,54). The molecule has 1 fully saturated rings. The summed E-state index contributed by atoms with van der Waals surface area (Å²) >= 11 is 0. The van der Waals surface area contributed by atoms with E-state index in [0.29, 0.717) is 118 Å². The molecule has 0 radical (unpaired) electrons. The van der Waals surface area contributed by atoms with Gasteiger partial charge in [-0.3, -0.25) is 43.6 Å². The third kappa shape index (κ3) is 35.7. The lowest BCUT2D eigenvalue weighted by molar-refractivity contribution is -0.163. The molecule has 67 heavy (non-hydrogen) atoms. The molecule has 20 heteroatoms. The van der Waals surface area contributed by atoms with E-state index in [1.165, 1.54) is 0 Å². The van der Waals surface area contributed by atoms with Crippen LogP contribution in [-0.4, -0.2) is 229 Å². The van der Waals surface area contributed by atoms with Crippen molar-refractivity contribution in [3.63, 3.8) is 0 Å². The molecule has 1 heterocycles. The highest BCUT2D eigenvalue weighted by atomic mass is 16.6. The van der Waals surface area contributed by atoms with Gasteiger partial charge in [0.15, 0.2) is 0 Å². The number of hydrogen-bond acceptors (Lipinski definition) is 19. The molecule has 1 rings (SSSR count). The van der Waals surface area contributed by atoms with Crippen molar-refractivity contribution in [2.75, 3.05) is 151 Å². The summed E-state index contributed by atoms with van der Waals surface area (Å²) in [5.74, 6) is -1.94. The molecule has 1 saturated heterocycles. The predicted octanol–water partition coefficient (Wildman–Crippen LogP) is 1.88. The van der Waals surface area contributed by atoms with Gasteiger partial charge in [-0.2, -0.15) is 0 Å². The molecule has 1 unspecified atom stereocenters. The van der Waals surface area contributed by atoms with Gasteiger partial charge in [0.2, 0.25) is 5.91 Å². The van der Waals surface area contributed by atoms with Gasteiger partial charge in [0.1, 0.15) is 28.4 Å². The molecule has 0 aromatic rings. The summed E-state index contributed by atoms with van der Waals surface area (Å²) in [5.41, 5.74) is 2.49. The summed E-state index contributed by atoms with van der Waals surface area (Å²) < 4.78 is 50.3. The molecule has 0 bridgehead atoms. The zero-order valence-corrected chi connectivity index (χ0v) is 43.3. The van der Waals surface area contributed by atoms with E-state index in [9.17, 15) is 24.0 Å². The number of nitrogens with zero attached hydrogens (tertiary/aromatic N) is 4. The molecule has 0 aromatic heterocycles. The first kappa shape index (κ1) is 62.0. The number of rotatable bonds is 28. The number of amides is 1. The second-order valence-electron chi connectivity index (χ2n) is 20.4. The first-order valence-corrected chi connectivity index (χ1v) is 23.9. The van der Waals surface area contributed by atoms with Crippen molar-refractivity contribution < 1.29 is 66.6 Å². The number of ether oxygens (including phenoxy) is 9. The Morgan fingerprint density at radius 1 is 0.463 bits per heavy atom. The zero-order valence-electron chi connectivity index (χ0n) is 43.3. The number of esters is 4. The molecule has 1 atom stereocenters. The summed E-state index contributed by atoms with van der Waals surface area (Å²) in [7, 11) is 0. The van der Waals surface area contributed by atoms with Gasteiger partial charge in [0, 0.05) is 71.9 Å². The third-order valence-corrected chi connectivity index (χ3v) is 9.27. The second-order valence-corrected chi connectivity index (χ2v) is 20.4. The maximum Gasteiger partial charge on any atom is 0.323 e. The summed E-state index contributed by atoms with van der Waals surface area (Å²) in [6, 6.07) is -0.839. The first-order chi connectivity index (χ1) is 31.2. The molecule has 1 aliphatic heterocycles. The second kappa shape index (κ2) is 32.7. The van der Waals surface area contributed by atoms with Crippen molar-refractivity contribution in [2.45, 2.75) is 124 Å². The maximum absolute atomic E-state index is 14.1. The van der Waals surface area contributed by atoms with Crippen LogP contribution in [0.3, 0.4) is 0 Å². The lowest BCUT2D eigenvalue weighted by atomic mass is 10.1. The van der Waals surface area contributed by atoms with Crippen LogP contribution in [0.2, 0.25) is 0 Å². The molecule has 1 amide bonds. The van der Waals surface area contributed by atoms with Crippen LogP contribution in [0.1, 0.15) is 95.9 Å². The van der Waals surface area contributed by atoms with Gasteiger partial charge >= 0.3 is 23.9 Å². The molecule has 0 saturated carbocycles. The minimum atomic E-state index is -0.839. The van der Waals surface area contributed by atoms with Crippen molar-refractivity contribution in [3.8, 4) is 0 Å².